The van der Waals surface area contributed by atoms with Crippen molar-refractivity contribution in [2.75, 3.05) is 31.0 Å². The number of phenols is 1. The molecule has 13 nitrogen and oxygen atoms in total. The molecule has 0 saturated carbocycles. The van der Waals surface area contributed by atoms with Gasteiger partial charge in [0.15, 0.2) is 0 Å². The highest BCUT2D eigenvalue weighted by Crippen LogP contribution is 2.23. The summed E-state index contributed by atoms with van der Waals surface area (Å²) in [7, 11) is -4.18. The zero-order valence-corrected chi connectivity index (χ0v) is 26.8. The Morgan fingerprint density at radius 1 is 0.978 bits per heavy atom. The van der Waals surface area contributed by atoms with Gasteiger partial charge >= 0.3 is 16.3 Å². The van der Waals surface area contributed by atoms with E-state index in [9.17, 15) is 28.2 Å². The van der Waals surface area contributed by atoms with Crippen LogP contribution in [-0.2, 0) is 48.8 Å². The molecule has 0 unspecified atom stereocenters. The fourth-order valence-corrected chi connectivity index (χ4v) is 4.87. The molecule has 250 valence electrons. The maximum atomic E-state index is 12.2. The molecule has 0 aromatic heterocycles. The molecule has 0 aliphatic rings. The Morgan fingerprint density at radius 2 is 1.74 bits per heavy atom. The zero-order valence-electron chi connectivity index (χ0n) is 26.0. The predicted molar refractivity (Wildman–Crippen MR) is 170 cm³/mol. The zero-order chi connectivity index (χ0) is 33.6. The third kappa shape index (κ3) is 13.3. The Hall–Kier alpha value is -4.37. The van der Waals surface area contributed by atoms with E-state index < -0.39 is 28.0 Å². The summed E-state index contributed by atoms with van der Waals surface area (Å²) in [6, 6.07) is 18.9. The average molecular weight is 660 g/mol. The van der Waals surface area contributed by atoms with Crippen molar-refractivity contribution in [3.8, 4) is 11.5 Å². The van der Waals surface area contributed by atoms with Crippen molar-refractivity contribution >= 4 is 28.5 Å². The van der Waals surface area contributed by atoms with E-state index in [1.807, 2.05) is 29.0 Å². The van der Waals surface area contributed by atoms with Crippen LogP contribution in [-0.4, -0.2) is 63.1 Å². The minimum atomic E-state index is -4.18. The summed E-state index contributed by atoms with van der Waals surface area (Å²) >= 11 is 0. The molecule has 0 heterocycles. The smallest absolute Gasteiger partial charge is 0.422 e. The molecule has 0 saturated heterocycles. The first kappa shape index (κ1) is 36.1. The lowest BCUT2D eigenvalue weighted by Gasteiger charge is -2.19. The number of carbonyl (C=O) groups is 2. The molecular formula is C32H41N3O10S. The number of nitrogens with one attached hydrogen (secondary N) is 3. The van der Waals surface area contributed by atoms with Crippen LogP contribution in [0.2, 0.25) is 0 Å². The molecule has 0 radical (unpaired) electrons. The van der Waals surface area contributed by atoms with Gasteiger partial charge in [-0.15, -0.1) is 0 Å². The van der Waals surface area contributed by atoms with Gasteiger partial charge in [-0.25, -0.2) is 9.52 Å². The standard InChI is InChI=1S/C32H41N3O10S/c1-32(2,3)45-31(39)35-46(40,41)34-27-6-4-5-24(17-27)20-42-15-16-44-28-10-7-23(8-11-28)13-14-33-19-30(38)25-9-12-29(37)26(18-25)21-43-22-36/h4-12,17-18,22,30,33-34,37-38H,13-16,19-21H2,1-3H3,(H,35,39)/t30-/m0/s1. The number of rotatable bonds is 18. The number of phenolic OH excluding ortho intramolecular Hbond substituents is 1. The molecule has 1 atom stereocenters. The minimum absolute atomic E-state index is 0.00499. The maximum absolute atomic E-state index is 12.2. The fourth-order valence-electron chi connectivity index (χ4n) is 4.12. The topological polar surface area (TPSA) is 182 Å². The van der Waals surface area contributed by atoms with Crippen LogP contribution < -0.4 is 19.5 Å². The van der Waals surface area contributed by atoms with Crippen molar-refractivity contribution in [2.24, 2.45) is 0 Å². The lowest BCUT2D eigenvalue weighted by atomic mass is 10.1. The number of hydrogen-bond donors (Lipinski definition) is 5. The van der Waals surface area contributed by atoms with Crippen LogP contribution in [0, 0.1) is 0 Å². The molecule has 46 heavy (non-hydrogen) atoms. The summed E-state index contributed by atoms with van der Waals surface area (Å²) in [6.07, 6.45) is -1.14. The van der Waals surface area contributed by atoms with E-state index >= 15 is 0 Å². The molecule has 0 bridgehead atoms. The van der Waals surface area contributed by atoms with Gasteiger partial charge in [-0.05, 0) is 86.8 Å². The first-order chi connectivity index (χ1) is 21.8. The monoisotopic (exact) mass is 659 g/mol. The Balaban J connectivity index is 1.33. The number of amides is 1. The number of aliphatic hydroxyl groups excluding tert-OH is 1. The second kappa shape index (κ2) is 17.4. The molecule has 0 spiro atoms. The number of aromatic hydroxyl groups is 1. The van der Waals surface area contributed by atoms with Crippen molar-refractivity contribution < 1.29 is 47.2 Å². The Bertz CT molecular complexity index is 1530. The van der Waals surface area contributed by atoms with Crippen LogP contribution in [0.4, 0.5) is 10.5 Å². The van der Waals surface area contributed by atoms with Gasteiger partial charge in [0.05, 0.1) is 25.0 Å². The van der Waals surface area contributed by atoms with Crippen LogP contribution in [0.15, 0.2) is 66.7 Å². The van der Waals surface area contributed by atoms with Crippen LogP contribution in [0.3, 0.4) is 0 Å². The first-order valence-electron chi connectivity index (χ1n) is 14.5. The average Bonchev–Trinajstić information content (AvgIpc) is 2.98. The highest BCUT2D eigenvalue weighted by atomic mass is 32.2. The number of benzene rings is 3. The van der Waals surface area contributed by atoms with E-state index in [1.165, 1.54) is 6.07 Å². The Morgan fingerprint density at radius 3 is 2.46 bits per heavy atom. The first-order valence-corrected chi connectivity index (χ1v) is 16.0. The second-order valence-electron chi connectivity index (χ2n) is 11.2. The van der Waals surface area contributed by atoms with E-state index in [0.29, 0.717) is 49.7 Å². The maximum Gasteiger partial charge on any atom is 0.422 e. The van der Waals surface area contributed by atoms with Crippen molar-refractivity contribution in [3.05, 3.63) is 89.0 Å². The molecule has 0 fully saturated rings. The van der Waals surface area contributed by atoms with E-state index in [4.69, 9.17) is 18.9 Å². The number of ether oxygens (including phenoxy) is 4. The number of anilines is 1. The minimum Gasteiger partial charge on any atom is -0.508 e. The van der Waals surface area contributed by atoms with E-state index in [0.717, 1.165) is 17.5 Å². The third-order valence-electron chi connectivity index (χ3n) is 6.21. The van der Waals surface area contributed by atoms with Crippen molar-refractivity contribution in [3.63, 3.8) is 0 Å². The summed E-state index contributed by atoms with van der Waals surface area (Å²) in [5.41, 5.74) is 2.25. The van der Waals surface area contributed by atoms with Crippen LogP contribution in [0.5, 0.6) is 11.5 Å². The summed E-state index contributed by atoms with van der Waals surface area (Å²) in [6.45, 7) is 6.90. The normalized spacial score (nSPS) is 12.2. The number of hydrogen-bond acceptors (Lipinski definition) is 11. The summed E-state index contributed by atoms with van der Waals surface area (Å²) in [4.78, 5) is 22.2. The molecule has 5 N–H and O–H groups in total. The van der Waals surface area contributed by atoms with Gasteiger partial charge in [0, 0.05) is 12.1 Å². The highest BCUT2D eigenvalue weighted by molar-refractivity contribution is 7.91. The summed E-state index contributed by atoms with van der Waals surface area (Å²) < 4.78 is 49.7. The van der Waals surface area contributed by atoms with E-state index in [-0.39, 0.29) is 24.7 Å². The van der Waals surface area contributed by atoms with Crippen LogP contribution in [0.1, 0.15) is 49.1 Å². The fraction of sp³-hybridized carbons (Fsp3) is 0.375. The lowest BCUT2D eigenvalue weighted by molar-refractivity contribution is -0.129. The Kier molecular flexibility index (Phi) is 13.6. The van der Waals surface area contributed by atoms with E-state index in [2.05, 4.69) is 10.0 Å². The van der Waals surface area contributed by atoms with Crippen molar-refractivity contribution in [1.29, 1.82) is 0 Å². The number of aliphatic hydroxyl groups is 1. The van der Waals surface area contributed by atoms with Crippen molar-refractivity contribution in [1.82, 2.24) is 10.0 Å². The molecule has 0 aliphatic carbocycles. The van der Waals surface area contributed by atoms with Gasteiger partial charge in [-0.3, -0.25) is 9.52 Å². The molecule has 3 aromatic rings. The molecule has 0 aliphatic heterocycles. The van der Waals surface area contributed by atoms with Gasteiger partial charge in [0.2, 0.25) is 0 Å². The molecule has 14 heteroatoms. The van der Waals surface area contributed by atoms with Crippen molar-refractivity contribution in [2.45, 2.75) is 52.1 Å². The highest BCUT2D eigenvalue weighted by Gasteiger charge is 2.21. The third-order valence-corrected chi connectivity index (χ3v) is 7.15. The number of carbonyl (C=O) groups excluding carboxylic acids is 2. The summed E-state index contributed by atoms with van der Waals surface area (Å²) in [5.74, 6) is 0.681. The second-order valence-corrected chi connectivity index (χ2v) is 12.6. The van der Waals surface area contributed by atoms with Crippen LogP contribution in [0.25, 0.3) is 0 Å². The molecule has 1 amide bonds. The van der Waals surface area contributed by atoms with Gasteiger partial charge in [-0.1, -0.05) is 30.3 Å². The van der Waals surface area contributed by atoms with Gasteiger partial charge in [-0.2, -0.15) is 8.42 Å². The largest absolute Gasteiger partial charge is 0.508 e. The Labute approximate surface area is 269 Å². The van der Waals surface area contributed by atoms with E-state index in [1.54, 1.807) is 57.2 Å². The van der Waals surface area contributed by atoms with Gasteiger partial charge < -0.3 is 34.5 Å². The van der Waals surface area contributed by atoms with Gasteiger partial charge in [0.1, 0.15) is 30.3 Å². The predicted octanol–water partition coefficient (Wildman–Crippen LogP) is 3.71. The molecule has 3 rings (SSSR count). The lowest BCUT2D eigenvalue weighted by Crippen LogP contribution is -2.39. The van der Waals surface area contributed by atoms with Crippen LogP contribution >= 0.6 is 0 Å². The van der Waals surface area contributed by atoms with Gasteiger partial charge in [0.25, 0.3) is 6.47 Å². The molecule has 3 aromatic carbocycles. The quantitative estimate of drug-likeness (QED) is 0.0992. The summed E-state index contributed by atoms with van der Waals surface area (Å²) in [5, 5.41) is 23.5. The molecular weight excluding hydrogens is 618 g/mol. The SMILES string of the molecule is CC(C)(C)OC(=O)NS(=O)(=O)Nc1cccc(COCCOc2ccc(CCNC[C@H](O)c3ccc(O)c(COC=O)c3)cc2)c1.